The summed E-state index contributed by atoms with van der Waals surface area (Å²) < 4.78 is 7.53. The number of aryl methyl sites for hydroxylation is 2. The molecule has 1 aromatic carbocycles. The average molecular weight is 453 g/mol. The zero-order valence-electron chi connectivity index (χ0n) is 19.2. The van der Waals surface area contributed by atoms with Gasteiger partial charge in [-0.2, -0.15) is 4.98 Å². The molecular weight excluding hydrogens is 420 g/mol. The van der Waals surface area contributed by atoms with E-state index in [-0.39, 0.29) is 18.2 Å². The standard InChI is InChI=1S/C24H32N6O3/c1-18(31)28-24(13-6-2-3-7-14-24)23-27-22(33-29-23)12-11-21(32)25-15-8-16-30-17-26-19-9-4-5-10-20(19)30/h4-5,9-10,17H,2-3,6-8,11-16H2,1H3,(H,25,32)(H,28,31). The van der Waals surface area contributed by atoms with Crippen molar-refractivity contribution in [2.45, 2.75) is 76.8 Å². The molecule has 1 aliphatic rings. The molecule has 3 aromatic rings. The molecule has 0 aliphatic heterocycles. The van der Waals surface area contributed by atoms with Gasteiger partial charge >= 0.3 is 0 Å². The Kier molecular flexibility index (Phi) is 7.36. The van der Waals surface area contributed by atoms with Gasteiger partial charge in [-0.15, -0.1) is 0 Å². The molecule has 9 heteroatoms. The number of para-hydroxylation sites is 2. The maximum atomic E-state index is 12.3. The van der Waals surface area contributed by atoms with Crippen LogP contribution >= 0.6 is 0 Å². The first kappa shape index (κ1) is 22.9. The van der Waals surface area contributed by atoms with Gasteiger partial charge in [-0.05, 0) is 31.4 Å². The molecule has 2 aromatic heterocycles. The van der Waals surface area contributed by atoms with Crippen LogP contribution in [0.15, 0.2) is 35.1 Å². The van der Waals surface area contributed by atoms with E-state index in [1.807, 2.05) is 30.6 Å². The lowest BCUT2D eigenvalue weighted by Gasteiger charge is -2.30. The minimum atomic E-state index is -0.566. The molecular formula is C24H32N6O3. The predicted octanol–water partition coefficient (Wildman–Crippen LogP) is 3.24. The van der Waals surface area contributed by atoms with Crippen LogP contribution in [0, 0.1) is 0 Å². The molecule has 9 nitrogen and oxygen atoms in total. The number of imidazole rings is 1. The first-order valence-electron chi connectivity index (χ1n) is 11.8. The number of hydrogen-bond acceptors (Lipinski definition) is 6. The molecule has 0 saturated heterocycles. The van der Waals surface area contributed by atoms with Crippen molar-refractivity contribution in [3.8, 4) is 0 Å². The summed E-state index contributed by atoms with van der Waals surface area (Å²) in [6, 6.07) is 8.01. The number of rotatable bonds is 9. The quantitative estimate of drug-likeness (QED) is 0.380. The zero-order valence-corrected chi connectivity index (χ0v) is 19.2. The predicted molar refractivity (Wildman–Crippen MR) is 123 cm³/mol. The van der Waals surface area contributed by atoms with E-state index < -0.39 is 5.54 Å². The first-order valence-corrected chi connectivity index (χ1v) is 11.8. The third-order valence-electron chi connectivity index (χ3n) is 6.26. The van der Waals surface area contributed by atoms with Crippen molar-refractivity contribution in [1.82, 2.24) is 30.3 Å². The third-order valence-corrected chi connectivity index (χ3v) is 6.26. The fourth-order valence-corrected chi connectivity index (χ4v) is 4.60. The second-order valence-electron chi connectivity index (χ2n) is 8.82. The van der Waals surface area contributed by atoms with Gasteiger partial charge in [-0.1, -0.05) is 43.0 Å². The molecule has 1 saturated carbocycles. The lowest BCUT2D eigenvalue weighted by Crippen LogP contribution is -2.45. The van der Waals surface area contributed by atoms with E-state index in [0.717, 1.165) is 62.5 Å². The SMILES string of the molecule is CC(=O)NC1(c2noc(CCC(=O)NCCCn3cnc4ccccc43)n2)CCCCCC1. The van der Waals surface area contributed by atoms with E-state index in [4.69, 9.17) is 4.52 Å². The number of fused-ring (bicyclic) bond motifs is 1. The van der Waals surface area contributed by atoms with Crippen LogP contribution in [-0.4, -0.2) is 38.1 Å². The Morgan fingerprint density at radius 2 is 1.94 bits per heavy atom. The normalized spacial score (nSPS) is 15.8. The van der Waals surface area contributed by atoms with E-state index in [2.05, 4.69) is 30.3 Å². The highest BCUT2D eigenvalue weighted by molar-refractivity contribution is 5.76. The molecule has 2 heterocycles. The van der Waals surface area contributed by atoms with Gasteiger partial charge in [0.1, 0.15) is 5.54 Å². The lowest BCUT2D eigenvalue weighted by molar-refractivity contribution is -0.122. The summed E-state index contributed by atoms with van der Waals surface area (Å²) in [5.74, 6) is 0.823. The molecule has 2 amide bonds. The van der Waals surface area contributed by atoms with Gasteiger partial charge in [0.15, 0.2) is 5.82 Å². The number of aromatic nitrogens is 4. The highest BCUT2D eigenvalue weighted by atomic mass is 16.5. The van der Waals surface area contributed by atoms with Crippen molar-refractivity contribution < 1.29 is 14.1 Å². The van der Waals surface area contributed by atoms with Crippen molar-refractivity contribution >= 4 is 22.8 Å². The lowest BCUT2D eigenvalue weighted by atomic mass is 9.89. The van der Waals surface area contributed by atoms with E-state index in [0.29, 0.717) is 24.7 Å². The molecule has 4 rings (SSSR count). The van der Waals surface area contributed by atoms with Gasteiger partial charge < -0.3 is 19.7 Å². The van der Waals surface area contributed by atoms with Crippen molar-refractivity contribution in [3.63, 3.8) is 0 Å². The van der Waals surface area contributed by atoms with Gasteiger partial charge in [0.25, 0.3) is 0 Å². The monoisotopic (exact) mass is 452 g/mol. The highest BCUT2D eigenvalue weighted by Gasteiger charge is 2.38. The second-order valence-corrected chi connectivity index (χ2v) is 8.82. The Bertz CT molecular complexity index is 1080. The van der Waals surface area contributed by atoms with Gasteiger partial charge in [-0.3, -0.25) is 9.59 Å². The number of amides is 2. The maximum Gasteiger partial charge on any atom is 0.227 e. The summed E-state index contributed by atoms with van der Waals surface area (Å²) >= 11 is 0. The molecule has 1 fully saturated rings. The zero-order chi connectivity index (χ0) is 23.1. The summed E-state index contributed by atoms with van der Waals surface area (Å²) in [6.07, 6.45) is 9.23. The molecule has 0 unspecified atom stereocenters. The Labute approximate surface area is 193 Å². The van der Waals surface area contributed by atoms with Gasteiger partial charge in [0.2, 0.25) is 17.7 Å². The molecule has 1 aliphatic carbocycles. The van der Waals surface area contributed by atoms with Crippen molar-refractivity contribution in [2.75, 3.05) is 6.54 Å². The van der Waals surface area contributed by atoms with Crippen LogP contribution in [0.25, 0.3) is 11.0 Å². The van der Waals surface area contributed by atoms with Crippen LogP contribution in [0.3, 0.4) is 0 Å². The van der Waals surface area contributed by atoms with Crippen LogP contribution in [0.1, 0.15) is 70.0 Å². The van der Waals surface area contributed by atoms with Crippen LogP contribution in [0.2, 0.25) is 0 Å². The fourth-order valence-electron chi connectivity index (χ4n) is 4.60. The highest BCUT2D eigenvalue weighted by Crippen LogP contribution is 2.34. The summed E-state index contributed by atoms with van der Waals surface area (Å²) in [5.41, 5.74) is 1.51. The molecule has 0 atom stereocenters. The number of benzene rings is 1. The first-order chi connectivity index (χ1) is 16.1. The molecule has 0 bridgehead atoms. The Hall–Kier alpha value is -3.23. The minimum Gasteiger partial charge on any atom is -0.356 e. The van der Waals surface area contributed by atoms with Crippen LogP contribution in [0.4, 0.5) is 0 Å². The van der Waals surface area contributed by atoms with Crippen LogP contribution in [0.5, 0.6) is 0 Å². The van der Waals surface area contributed by atoms with E-state index in [9.17, 15) is 9.59 Å². The summed E-state index contributed by atoms with van der Waals surface area (Å²) in [6.45, 7) is 2.90. The van der Waals surface area contributed by atoms with Crippen LogP contribution in [-0.2, 0) is 28.1 Å². The van der Waals surface area contributed by atoms with Gasteiger partial charge in [-0.25, -0.2) is 4.98 Å². The summed E-state index contributed by atoms with van der Waals surface area (Å²) in [5, 5.41) is 10.2. The maximum absolute atomic E-state index is 12.3. The largest absolute Gasteiger partial charge is 0.356 e. The summed E-state index contributed by atoms with van der Waals surface area (Å²) in [4.78, 5) is 33.0. The Balaban J connectivity index is 1.24. The number of carbonyl (C=O) groups excluding carboxylic acids is 2. The molecule has 0 spiro atoms. The van der Waals surface area contributed by atoms with Gasteiger partial charge in [0, 0.05) is 32.9 Å². The molecule has 2 N–H and O–H groups in total. The number of nitrogens with zero attached hydrogens (tertiary/aromatic N) is 4. The average Bonchev–Trinajstić information content (AvgIpc) is 3.38. The summed E-state index contributed by atoms with van der Waals surface area (Å²) in [7, 11) is 0. The second kappa shape index (κ2) is 10.6. The molecule has 176 valence electrons. The van der Waals surface area contributed by atoms with Gasteiger partial charge in [0.05, 0.1) is 17.4 Å². The van der Waals surface area contributed by atoms with E-state index >= 15 is 0 Å². The topological polar surface area (TPSA) is 115 Å². The Morgan fingerprint density at radius 1 is 1.15 bits per heavy atom. The molecule has 33 heavy (non-hydrogen) atoms. The van der Waals surface area contributed by atoms with Crippen molar-refractivity contribution in [1.29, 1.82) is 0 Å². The third kappa shape index (κ3) is 5.77. The van der Waals surface area contributed by atoms with Crippen molar-refractivity contribution in [2.24, 2.45) is 0 Å². The van der Waals surface area contributed by atoms with Crippen molar-refractivity contribution in [3.05, 3.63) is 42.3 Å². The Morgan fingerprint density at radius 3 is 2.73 bits per heavy atom. The van der Waals surface area contributed by atoms with Crippen LogP contribution < -0.4 is 10.6 Å². The van der Waals surface area contributed by atoms with E-state index in [1.165, 1.54) is 6.92 Å². The smallest absolute Gasteiger partial charge is 0.227 e. The van der Waals surface area contributed by atoms with E-state index in [1.54, 1.807) is 0 Å². The fraction of sp³-hybridized carbons (Fsp3) is 0.542. The number of nitrogens with one attached hydrogen (secondary N) is 2. The number of hydrogen-bond donors (Lipinski definition) is 2. The molecule has 0 radical (unpaired) electrons. The minimum absolute atomic E-state index is 0.0451. The number of carbonyl (C=O) groups is 2.